The molecule has 0 saturated heterocycles. The Hall–Kier alpha value is -1.36. The summed E-state index contributed by atoms with van der Waals surface area (Å²) in [6, 6.07) is -0.616. The maximum absolute atomic E-state index is 12.0. The molecule has 22 heavy (non-hydrogen) atoms. The molecule has 0 aromatic heterocycles. The molecule has 5 nitrogen and oxygen atoms in total. The van der Waals surface area contributed by atoms with Crippen molar-refractivity contribution in [3.63, 3.8) is 0 Å². The van der Waals surface area contributed by atoms with E-state index in [2.05, 4.69) is 12.2 Å². The predicted molar refractivity (Wildman–Crippen MR) is 85.5 cm³/mol. The van der Waals surface area contributed by atoms with Crippen molar-refractivity contribution < 1.29 is 19.8 Å². The average Bonchev–Trinajstić information content (AvgIpc) is 2.76. The molecule has 1 aliphatic rings. The second kappa shape index (κ2) is 10.4. The Bertz CT molecular complexity index is 403. The number of amides is 1. The first-order valence-electron chi connectivity index (χ1n) is 8.49. The number of hydrogen-bond donors (Lipinski definition) is 3. The van der Waals surface area contributed by atoms with E-state index in [0.29, 0.717) is 6.42 Å². The SMILES string of the molecule is CCCCCCCCCCC(=O)C1=C(O)[C@H](CCO)NC1=O. The molecular formula is C17H29NO4. The quantitative estimate of drug-likeness (QED) is 0.382. The summed E-state index contributed by atoms with van der Waals surface area (Å²) in [6.45, 7) is 2.05. The van der Waals surface area contributed by atoms with Gasteiger partial charge in [-0.2, -0.15) is 0 Å². The highest BCUT2D eigenvalue weighted by Gasteiger charge is 2.34. The van der Waals surface area contributed by atoms with Gasteiger partial charge in [-0.05, 0) is 12.8 Å². The second-order valence-electron chi connectivity index (χ2n) is 5.95. The summed E-state index contributed by atoms with van der Waals surface area (Å²) in [7, 11) is 0. The summed E-state index contributed by atoms with van der Waals surface area (Å²) in [5.74, 6) is -1.01. The molecule has 0 aliphatic carbocycles. The molecular weight excluding hydrogens is 282 g/mol. The van der Waals surface area contributed by atoms with Crippen LogP contribution in [-0.2, 0) is 9.59 Å². The number of carbonyl (C=O) groups is 2. The van der Waals surface area contributed by atoms with E-state index < -0.39 is 11.9 Å². The van der Waals surface area contributed by atoms with Crippen molar-refractivity contribution in [2.24, 2.45) is 0 Å². The van der Waals surface area contributed by atoms with Crippen LogP contribution in [0.25, 0.3) is 0 Å². The molecule has 3 N–H and O–H groups in total. The molecule has 0 fully saturated rings. The van der Waals surface area contributed by atoms with Crippen LogP contribution in [-0.4, -0.2) is 34.6 Å². The first kappa shape index (κ1) is 18.7. The predicted octanol–water partition coefficient (Wildman–Crippen LogP) is 2.78. The van der Waals surface area contributed by atoms with Crippen LogP contribution < -0.4 is 5.32 Å². The van der Waals surface area contributed by atoms with Gasteiger partial charge in [0.25, 0.3) is 5.91 Å². The molecule has 0 aromatic carbocycles. The standard InChI is InChI=1S/C17H29NO4/c1-2-3-4-5-6-7-8-9-10-14(20)15-16(21)13(11-12-19)18-17(15)22/h13,19,21H,2-12H2,1H3,(H,18,22)/t13-/m0/s1. The Labute approximate surface area is 132 Å². The van der Waals surface area contributed by atoms with Crippen molar-refractivity contribution >= 4 is 11.7 Å². The summed E-state index contributed by atoms with van der Waals surface area (Å²) in [4.78, 5) is 23.8. The highest BCUT2D eigenvalue weighted by atomic mass is 16.3. The number of nitrogens with one attached hydrogen (secondary N) is 1. The lowest BCUT2D eigenvalue weighted by molar-refractivity contribution is -0.122. The molecule has 5 heteroatoms. The fourth-order valence-corrected chi connectivity index (χ4v) is 2.74. The van der Waals surface area contributed by atoms with Crippen molar-refractivity contribution in [2.75, 3.05) is 6.61 Å². The number of carbonyl (C=O) groups excluding carboxylic acids is 2. The van der Waals surface area contributed by atoms with Crippen molar-refractivity contribution in [3.8, 4) is 0 Å². The van der Waals surface area contributed by atoms with Crippen molar-refractivity contribution in [3.05, 3.63) is 11.3 Å². The zero-order valence-electron chi connectivity index (χ0n) is 13.6. The third-order valence-electron chi connectivity index (χ3n) is 4.07. The highest BCUT2D eigenvalue weighted by Crippen LogP contribution is 2.20. The lowest BCUT2D eigenvalue weighted by Gasteiger charge is -2.07. The van der Waals surface area contributed by atoms with Gasteiger partial charge in [-0.15, -0.1) is 0 Å². The van der Waals surface area contributed by atoms with E-state index in [1.54, 1.807) is 0 Å². The van der Waals surface area contributed by atoms with E-state index in [4.69, 9.17) is 5.11 Å². The molecule has 0 unspecified atom stereocenters. The van der Waals surface area contributed by atoms with E-state index in [1.807, 2.05) is 0 Å². The minimum atomic E-state index is -0.616. The summed E-state index contributed by atoms with van der Waals surface area (Å²) in [6.07, 6.45) is 9.63. The molecule has 0 saturated carbocycles. The largest absolute Gasteiger partial charge is 0.509 e. The monoisotopic (exact) mass is 311 g/mol. The van der Waals surface area contributed by atoms with Gasteiger partial charge in [-0.3, -0.25) is 9.59 Å². The van der Waals surface area contributed by atoms with Crippen LogP contribution in [0.3, 0.4) is 0 Å². The van der Waals surface area contributed by atoms with Gasteiger partial charge in [0.2, 0.25) is 0 Å². The Morgan fingerprint density at radius 3 is 2.27 bits per heavy atom. The minimum absolute atomic E-state index is 0.110. The summed E-state index contributed by atoms with van der Waals surface area (Å²) >= 11 is 0. The third-order valence-corrected chi connectivity index (χ3v) is 4.07. The number of ketones is 1. The summed E-state index contributed by atoms with van der Waals surface area (Å²) < 4.78 is 0. The van der Waals surface area contributed by atoms with Gasteiger partial charge in [0.05, 0.1) is 6.04 Å². The first-order valence-corrected chi connectivity index (χ1v) is 8.49. The minimum Gasteiger partial charge on any atom is -0.509 e. The van der Waals surface area contributed by atoms with E-state index in [1.165, 1.54) is 32.1 Å². The highest BCUT2D eigenvalue weighted by molar-refractivity contribution is 6.21. The molecule has 1 heterocycles. The fraction of sp³-hybridized carbons (Fsp3) is 0.765. The van der Waals surface area contributed by atoms with Gasteiger partial charge in [0, 0.05) is 13.0 Å². The number of unbranched alkanes of at least 4 members (excludes halogenated alkanes) is 7. The third kappa shape index (κ3) is 5.79. The molecule has 1 amide bonds. The lowest BCUT2D eigenvalue weighted by Crippen LogP contribution is -2.30. The number of aliphatic hydroxyl groups excluding tert-OH is 2. The summed E-state index contributed by atoms with van der Waals surface area (Å²) in [5.41, 5.74) is -0.110. The van der Waals surface area contributed by atoms with Crippen molar-refractivity contribution in [2.45, 2.75) is 77.2 Å². The van der Waals surface area contributed by atoms with Gasteiger partial charge >= 0.3 is 0 Å². The van der Waals surface area contributed by atoms with Crippen LogP contribution in [0.15, 0.2) is 11.3 Å². The van der Waals surface area contributed by atoms with Crippen LogP contribution in [0.5, 0.6) is 0 Å². The topological polar surface area (TPSA) is 86.6 Å². The molecule has 0 bridgehead atoms. The van der Waals surface area contributed by atoms with Crippen molar-refractivity contribution in [1.82, 2.24) is 5.32 Å². The molecule has 1 rings (SSSR count). The van der Waals surface area contributed by atoms with Gasteiger partial charge < -0.3 is 15.5 Å². The van der Waals surface area contributed by atoms with Gasteiger partial charge in [-0.1, -0.05) is 51.9 Å². The first-order chi connectivity index (χ1) is 10.6. The maximum Gasteiger partial charge on any atom is 0.259 e. The Balaban J connectivity index is 2.26. The van der Waals surface area contributed by atoms with E-state index >= 15 is 0 Å². The molecule has 1 atom stereocenters. The molecule has 0 radical (unpaired) electrons. The van der Waals surface area contributed by atoms with Crippen LogP contribution in [0.2, 0.25) is 0 Å². The van der Waals surface area contributed by atoms with Crippen LogP contribution in [0.1, 0.15) is 71.1 Å². The zero-order chi connectivity index (χ0) is 16.4. The van der Waals surface area contributed by atoms with Crippen LogP contribution in [0, 0.1) is 0 Å². The smallest absolute Gasteiger partial charge is 0.259 e. The number of rotatable bonds is 12. The summed E-state index contributed by atoms with van der Waals surface area (Å²) in [5, 5.41) is 21.3. The van der Waals surface area contributed by atoms with Crippen LogP contribution >= 0.6 is 0 Å². The van der Waals surface area contributed by atoms with E-state index in [0.717, 1.165) is 19.3 Å². The number of hydrogen-bond acceptors (Lipinski definition) is 4. The molecule has 0 spiro atoms. The lowest BCUT2D eigenvalue weighted by atomic mass is 10.0. The van der Waals surface area contributed by atoms with Gasteiger partial charge in [0.1, 0.15) is 11.3 Å². The number of aliphatic hydroxyl groups is 2. The number of Topliss-reactive ketones (excluding diaryl/α,β-unsaturated/α-hetero) is 1. The van der Waals surface area contributed by atoms with Gasteiger partial charge in [-0.25, -0.2) is 0 Å². The Morgan fingerprint density at radius 1 is 1.09 bits per heavy atom. The van der Waals surface area contributed by atoms with E-state index in [9.17, 15) is 14.7 Å². The second-order valence-corrected chi connectivity index (χ2v) is 5.95. The van der Waals surface area contributed by atoms with E-state index in [-0.39, 0.29) is 30.1 Å². The van der Waals surface area contributed by atoms with Crippen LogP contribution in [0.4, 0.5) is 0 Å². The van der Waals surface area contributed by atoms with Gasteiger partial charge in [0.15, 0.2) is 5.78 Å². The molecule has 1 aliphatic heterocycles. The fourth-order valence-electron chi connectivity index (χ4n) is 2.74. The average molecular weight is 311 g/mol. The zero-order valence-corrected chi connectivity index (χ0v) is 13.6. The Kier molecular flexibility index (Phi) is 8.82. The normalized spacial score (nSPS) is 17.9. The molecule has 0 aromatic rings. The Morgan fingerprint density at radius 2 is 1.68 bits per heavy atom. The maximum atomic E-state index is 12.0. The van der Waals surface area contributed by atoms with Crippen molar-refractivity contribution in [1.29, 1.82) is 0 Å². The molecule has 126 valence electrons.